The van der Waals surface area contributed by atoms with E-state index in [0.29, 0.717) is 11.1 Å². The summed E-state index contributed by atoms with van der Waals surface area (Å²) in [5.41, 5.74) is 4.29. The summed E-state index contributed by atoms with van der Waals surface area (Å²) < 4.78 is 5.35. The summed E-state index contributed by atoms with van der Waals surface area (Å²) in [5.74, 6) is -0.188. The molecule has 4 heteroatoms. The van der Waals surface area contributed by atoms with E-state index in [2.05, 4.69) is 6.08 Å². The van der Waals surface area contributed by atoms with Gasteiger partial charge in [-0.2, -0.15) is 0 Å². The minimum atomic E-state index is -0.336. The van der Waals surface area contributed by atoms with Crippen LogP contribution in [0.15, 0.2) is 42.5 Å². The smallest absolute Gasteiger partial charge is 0.193 e. The maximum Gasteiger partial charge on any atom is 0.193 e. The Morgan fingerprint density at radius 3 is 2.57 bits per heavy atom. The first-order chi connectivity index (χ1) is 13.5. The number of allylic oxidation sites excluding steroid dienone is 3. The van der Waals surface area contributed by atoms with Crippen LogP contribution in [0.1, 0.15) is 58.3 Å². The zero-order chi connectivity index (χ0) is 20.1. The van der Waals surface area contributed by atoms with Crippen molar-refractivity contribution in [3.63, 3.8) is 0 Å². The van der Waals surface area contributed by atoms with E-state index in [9.17, 15) is 15.0 Å². The van der Waals surface area contributed by atoms with Gasteiger partial charge in [0.05, 0.1) is 13.7 Å². The molecule has 0 spiro atoms. The fourth-order valence-electron chi connectivity index (χ4n) is 3.58. The van der Waals surface area contributed by atoms with E-state index in [1.807, 2.05) is 31.2 Å². The van der Waals surface area contributed by atoms with Gasteiger partial charge < -0.3 is 14.9 Å². The third-order valence-corrected chi connectivity index (χ3v) is 5.10. The Morgan fingerprint density at radius 1 is 1.21 bits per heavy atom. The monoisotopic (exact) mass is 378 g/mol. The van der Waals surface area contributed by atoms with Crippen molar-refractivity contribution in [2.75, 3.05) is 7.11 Å². The molecule has 146 valence electrons. The number of methoxy groups -OCH3 is 1. The van der Waals surface area contributed by atoms with Crippen LogP contribution in [0.5, 0.6) is 11.5 Å². The summed E-state index contributed by atoms with van der Waals surface area (Å²) in [5, 5.41) is 20.8. The van der Waals surface area contributed by atoms with Gasteiger partial charge in [0.2, 0.25) is 0 Å². The molecule has 28 heavy (non-hydrogen) atoms. The summed E-state index contributed by atoms with van der Waals surface area (Å²) in [6.45, 7) is 1.77. The lowest BCUT2D eigenvalue weighted by Crippen LogP contribution is -2.06. The van der Waals surface area contributed by atoms with E-state index in [1.54, 1.807) is 12.1 Å². The van der Waals surface area contributed by atoms with Crippen molar-refractivity contribution >= 4 is 17.4 Å². The average molecular weight is 378 g/mol. The Kier molecular flexibility index (Phi) is 6.32. The standard InChI is InChI=1S/C24H26O4/c1-16-8-10-17(11-9-16)12-13-20(26)23-21(28-2)14-19(15-25)22(24(23)27)18-6-4-3-5-7-18/h6,8-14,25,27H,3-5,7,15H2,1-2H3/b13-12+. The molecule has 1 aliphatic rings. The Bertz CT molecular complexity index is 921. The van der Waals surface area contributed by atoms with Gasteiger partial charge in [-0.15, -0.1) is 0 Å². The first-order valence-corrected chi connectivity index (χ1v) is 9.57. The number of carbonyl (C=O) groups is 1. The molecule has 0 saturated carbocycles. The number of ketones is 1. The predicted molar refractivity (Wildman–Crippen MR) is 112 cm³/mol. The highest BCUT2D eigenvalue weighted by Crippen LogP contribution is 2.41. The van der Waals surface area contributed by atoms with E-state index >= 15 is 0 Å². The summed E-state index contributed by atoms with van der Waals surface area (Å²) in [6, 6.07) is 9.47. The molecule has 4 nitrogen and oxygen atoms in total. The van der Waals surface area contributed by atoms with Gasteiger partial charge in [0.15, 0.2) is 5.78 Å². The third kappa shape index (κ3) is 4.18. The number of rotatable bonds is 6. The van der Waals surface area contributed by atoms with Gasteiger partial charge >= 0.3 is 0 Å². The van der Waals surface area contributed by atoms with Crippen molar-refractivity contribution in [3.05, 3.63) is 70.3 Å². The van der Waals surface area contributed by atoms with Crippen molar-refractivity contribution in [1.29, 1.82) is 0 Å². The molecular formula is C24H26O4. The van der Waals surface area contributed by atoms with Crippen molar-refractivity contribution in [3.8, 4) is 11.5 Å². The molecule has 0 aliphatic heterocycles. The van der Waals surface area contributed by atoms with Crippen LogP contribution in [0.25, 0.3) is 11.6 Å². The second-order valence-corrected chi connectivity index (χ2v) is 7.08. The lowest BCUT2D eigenvalue weighted by molar-refractivity contribution is 0.104. The largest absolute Gasteiger partial charge is 0.506 e. The van der Waals surface area contributed by atoms with E-state index in [-0.39, 0.29) is 29.5 Å². The number of benzene rings is 2. The number of hydrogen-bond acceptors (Lipinski definition) is 4. The summed E-state index contributed by atoms with van der Waals surface area (Å²) in [7, 11) is 1.45. The van der Waals surface area contributed by atoms with Gasteiger partial charge in [-0.05, 0) is 61.4 Å². The molecule has 0 bridgehead atoms. The molecule has 2 aromatic carbocycles. The molecule has 0 atom stereocenters. The lowest BCUT2D eigenvalue weighted by atomic mass is 9.87. The number of carbonyl (C=O) groups excluding carboxylic acids is 1. The Hall–Kier alpha value is -2.85. The van der Waals surface area contributed by atoms with Gasteiger partial charge in [0, 0.05) is 5.56 Å². The SMILES string of the molecule is COc1cc(CO)c(C2=CCCCC2)c(O)c1C(=O)/C=C/c1ccc(C)cc1. The quantitative estimate of drug-likeness (QED) is 0.545. The van der Waals surface area contributed by atoms with Gasteiger partial charge in [0.25, 0.3) is 0 Å². The van der Waals surface area contributed by atoms with Gasteiger partial charge in [-0.1, -0.05) is 42.0 Å². The maximum absolute atomic E-state index is 12.9. The molecule has 0 heterocycles. The second-order valence-electron chi connectivity index (χ2n) is 7.08. The number of hydrogen-bond donors (Lipinski definition) is 2. The first-order valence-electron chi connectivity index (χ1n) is 9.57. The number of aliphatic hydroxyl groups excluding tert-OH is 1. The van der Waals surface area contributed by atoms with Crippen molar-refractivity contribution in [2.24, 2.45) is 0 Å². The molecule has 0 aromatic heterocycles. The van der Waals surface area contributed by atoms with Gasteiger partial charge in [-0.3, -0.25) is 4.79 Å². The fourth-order valence-corrected chi connectivity index (χ4v) is 3.58. The number of phenols is 1. The lowest BCUT2D eigenvalue weighted by Gasteiger charge is -2.20. The Balaban J connectivity index is 2.04. The van der Waals surface area contributed by atoms with Crippen molar-refractivity contribution in [1.82, 2.24) is 0 Å². The minimum Gasteiger partial charge on any atom is -0.506 e. The topological polar surface area (TPSA) is 66.8 Å². The number of aryl methyl sites for hydroxylation is 1. The van der Waals surface area contributed by atoms with Crippen LogP contribution in [-0.4, -0.2) is 23.1 Å². The molecule has 2 aromatic rings. The Morgan fingerprint density at radius 2 is 1.96 bits per heavy atom. The highest BCUT2D eigenvalue weighted by molar-refractivity contribution is 6.11. The normalized spacial score (nSPS) is 14.2. The minimum absolute atomic E-state index is 0.116. The van der Waals surface area contributed by atoms with Crippen LogP contribution < -0.4 is 4.74 Å². The molecule has 0 fully saturated rings. The first kappa shape index (κ1) is 19.9. The fraction of sp³-hybridized carbons (Fsp3) is 0.292. The van der Waals surface area contributed by atoms with E-state index in [1.165, 1.54) is 13.2 Å². The highest BCUT2D eigenvalue weighted by atomic mass is 16.5. The number of phenolic OH excluding ortho intramolecular Hbond substituents is 1. The maximum atomic E-state index is 12.9. The third-order valence-electron chi connectivity index (χ3n) is 5.10. The van der Waals surface area contributed by atoms with Crippen LogP contribution in [0.2, 0.25) is 0 Å². The van der Waals surface area contributed by atoms with E-state index in [0.717, 1.165) is 42.4 Å². The van der Waals surface area contributed by atoms with E-state index < -0.39 is 0 Å². The summed E-state index contributed by atoms with van der Waals surface area (Å²) in [6.07, 6.45) is 9.14. The van der Waals surface area contributed by atoms with Crippen LogP contribution >= 0.6 is 0 Å². The van der Waals surface area contributed by atoms with Crippen LogP contribution in [-0.2, 0) is 6.61 Å². The van der Waals surface area contributed by atoms with Crippen LogP contribution in [0.4, 0.5) is 0 Å². The van der Waals surface area contributed by atoms with Gasteiger partial charge in [-0.25, -0.2) is 0 Å². The summed E-state index contributed by atoms with van der Waals surface area (Å²) >= 11 is 0. The molecule has 0 saturated heterocycles. The van der Waals surface area contributed by atoms with E-state index in [4.69, 9.17) is 4.74 Å². The predicted octanol–water partition coefficient (Wildman–Crippen LogP) is 5.06. The van der Waals surface area contributed by atoms with Crippen LogP contribution in [0, 0.1) is 6.92 Å². The molecule has 1 aliphatic carbocycles. The molecule has 3 rings (SSSR count). The number of ether oxygens (including phenoxy) is 1. The molecular weight excluding hydrogens is 352 g/mol. The molecule has 0 amide bonds. The zero-order valence-electron chi connectivity index (χ0n) is 16.4. The van der Waals surface area contributed by atoms with Gasteiger partial charge in [0.1, 0.15) is 17.1 Å². The summed E-state index contributed by atoms with van der Waals surface area (Å²) in [4.78, 5) is 12.9. The molecule has 2 N–H and O–H groups in total. The molecule has 0 radical (unpaired) electrons. The highest BCUT2D eigenvalue weighted by Gasteiger charge is 2.24. The number of aliphatic hydroxyl groups is 1. The zero-order valence-corrected chi connectivity index (χ0v) is 16.4. The average Bonchev–Trinajstić information content (AvgIpc) is 2.72. The van der Waals surface area contributed by atoms with Crippen molar-refractivity contribution < 1.29 is 19.7 Å². The number of aromatic hydroxyl groups is 1. The van der Waals surface area contributed by atoms with Crippen LogP contribution in [0.3, 0.4) is 0 Å². The molecule has 0 unspecified atom stereocenters. The second kappa shape index (κ2) is 8.89. The Labute approximate surface area is 165 Å². The van der Waals surface area contributed by atoms with Crippen molar-refractivity contribution in [2.45, 2.75) is 39.2 Å².